The second-order valence-corrected chi connectivity index (χ2v) is 29.2. The Balaban J connectivity index is 5.34. The van der Waals surface area contributed by atoms with Gasteiger partial charge < -0.3 is 33.8 Å². The van der Waals surface area contributed by atoms with Gasteiger partial charge in [0, 0.05) is 25.7 Å². The number of ether oxygens (including phenoxy) is 4. The molecule has 0 heterocycles. The molecule has 0 spiro atoms. The van der Waals surface area contributed by atoms with Gasteiger partial charge >= 0.3 is 39.5 Å². The molecule has 0 rings (SSSR count). The van der Waals surface area contributed by atoms with Crippen molar-refractivity contribution in [1.29, 1.82) is 0 Å². The van der Waals surface area contributed by atoms with Crippen LogP contribution in [-0.4, -0.2) is 96.7 Å². The Labute approximate surface area is 607 Å². The van der Waals surface area contributed by atoms with Gasteiger partial charge in [0.2, 0.25) is 0 Å². The van der Waals surface area contributed by atoms with E-state index < -0.39 is 97.5 Å². The molecule has 578 valence electrons. The van der Waals surface area contributed by atoms with E-state index in [0.717, 1.165) is 161 Å². The first-order chi connectivity index (χ1) is 48.7. The van der Waals surface area contributed by atoms with Gasteiger partial charge in [-0.1, -0.05) is 285 Å². The molecule has 5 atom stereocenters. The highest BCUT2D eigenvalue weighted by Gasteiger charge is 2.30. The van der Waals surface area contributed by atoms with Crippen LogP contribution in [-0.2, 0) is 65.4 Å². The van der Waals surface area contributed by atoms with Crippen LogP contribution in [0.2, 0.25) is 0 Å². The van der Waals surface area contributed by atoms with Crippen molar-refractivity contribution in [3.8, 4) is 0 Å². The monoisotopic (exact) mass is 1450 g/mol. The van der Waals surface area contributed by atoms with E-state index >= 15 is 0 Å². The Hall–Kier alpha value is -4.02. The van der Waals surface area contributed by atoms with Crippen LogP contribution in [0, 0.1) is 0 Å². The first-order valence-electron chi connectivity index (χ1n) is 39.5. The molecule has 0 saturated heterocycles. The highest BCUT2D eigenvalue weighted by Crippen LogP contribution is 2.45. The van der Waals surface area contributed by atoms with Gasteiger partial charge in [0.05, 0.1) is 26.4 Å². The number of hydrogen-bond acceptors (Lipinski definition) is 15. The fourth-order valence-corrected chi connectivity index (χ4v) is 12.1. The van der Waals surface area contributed by atoms with Gasteiger partial charge in [-0.15, -0.1) is 0 Å². The van der Waals surface area contributed by atoms with E-state index in [2.05, 4.69) is 125 Å². The molecule has 0 saturated carbocycles. The van der Waals surface area contributed by atoms with Crippen molar-refractivity contribution in [3.63, 3.8) is 0 Å². The van der Waals surface area contributed by atoms with Gasteiger partial charge in [0.15, 0.2) is 12.2 Å². The summed E-state index contributed by atoms with van der Waals surface area (Å²) in [5.74, 6) is -2.22. The predicted molar refractivity (Wildman–Crippen MR) is 409 cm³/mol. The molecule has 0 aliphatic rings. The van der Waals surface area contributed by atoms with Gasteiger partial charge in [-0.2, -0.15) is 0 Å². The predicted octanol–water partition coefficient (Wildman–Crippen LogP) is 22.8. The fraction of sp³-hybridized carbons (Fsp3) is 0.753. The number of unbranched alkanes of at least 4 members (excludes halogenated alkanes) is 32. The maximum atomic E-state index is 13.1. The first kappa shape index (κ1) is 96.0. The molecule has 19 heteroatoms. The second-order valence-electron chi connectivity index (χ2n) is 26.3. The number of aliphatic hydroxyl groups excluding tert-OH is 1. The lowest BCUT2D eigenvalue weighted by molar-refractivity contribution is -0.161. The topological polar surface area (TPSA) is 237 Å². The standard InChI is InChI=1S/C81H142O17P2/c1-5-9-13-17-21-25-29-32-35-36-37-38-41-43-47-50-54-58-62-66-79(84)91-71-76(97-80(85)67-63-59-55-51-45-28-24-20-16-12-8-4)73-95-99(87,88)93-69-75(82)70-94-100(89,90)96-74-77(98-81(86)68-64-60-56-52-48-44-40-34-31-27-23-19-15-11-7-3)72-92-78(83)65-61-57-53-49-46-42-39-33-30-26-22-18-14-10-6-2/h9,13,20-22,24-26,32-33,35,37-39,43,47,75-77,82H,5-8,10-12,14-19,23,27-31,34,36,40-42,44-46,48-74H2,1-4H3,(H,87,88)(H,89,90)/b13-9-,24-20-,25-21-,26-22-,35-32-,38-37-,39-33-,47-43-. The summed E-state index contributed by atoms with van der Waals surface area (Å²) in [6.45, 7) is 4.67. The van der Waals surface area contributed by atoms with Gasteiger partial charge in [0.25, 0.3) is 0 Å². The summed E-state index contributed by atoms with van der Waals surface area (Å²) in [5, 5.41) is 10.6. The largest absolute Gasteiger partial charge is 0.472 e. The third-order valence-electron chi connectivity index (χ3n) is 16.5. The molecule has 0 aromatic heterocycles. The maximum Gasteiger partial charge on any atom is 0.472 e. The Morgan fingerprint density at radius 2 is 0.530 bits per heavy atom. The summed E-state index contributed by atoms with van der Waals surface area (Å²) >= 11 is 0. The van der Waals surface area contributed by atoms with Crippen LogP contribution in [0.5, 0.6) is 0 Å². The van der Waals surface area contributed by atoms with Crippen LogP contribution >= 0.6 is 15.6 Å². The number of aliphatic hydroxyl groups is 1. The molecule has 3 N–H and O–H groups in total. The van der Waals surface area contributed by atoms with E-state index in [1.807, 2.05) is 0 Å². The number of rotatable bonds is 74. The summed E-state index contributed by atoms with van der Waals surface area (Å²) in [7, 11) is -9.96. The van der Waals surface area contributed by atoms with Crippen LogP contribution in [0.1, 0.15) is 336 Å². The third-order valence-corrected chi connectivity index (χ3v) is 18.4. The lowest BCUT2D eigenvalue weighted by Gasteiger charge is -2.21. The Morgan fingerprint density at radius 3 is 0.870 bits per heavy atom. The zero-order chi connectivity index (χ0) is 73.2. The van der Waals surface area contributed by atoms with E-state index in [1.165, 1.54) is 96.3 Å². The average molecular weight is 1450 g/mol. The van der Waals surface area contributed by atoms with Crippen molar-refractivity contribution < 1.29 is 80.2 Å². The number of carbonyl (C=O) groups is 4. The van der Waals surface area contributed by atoms with E-state index in [-0.39, 0.29) is 25.7 Å². The zero-order valence-electron chi connectivity index (χ0n) is 63.1. The highest BCUT2D eigenvalue weighted by atomic mass is 31.2. The van der Waals surface area contributed by atoms with Gasteiger partial charge in [-0.05, 0) is 122 Å². The Morgan fingerprint density at radius 1 is 0.290 bits per heavy atom. The smallest absolute Gasteiger partial charge is 0.462 e. The van der Waals surface area contributed by atoms with Crippen LogP contribution in [0.15, 0.2) is 97.2 Å². The van der Waals surface area contributed by atoms with Crippen molar-refractivity contribution in [3.05, 3.63) is 97.2 Å². The molecule has 0 aliphatic heterocycles. The Kier molecular flexibility index (Phi) is 70.4. The van der Waals surface area contributed by atoms with Crippen LogP contribution < -0.4 is 0 Å². The minimum atomic E-state index is -4.98. The van der Waals surface area contributed by atoms with Crippen molar-refractivity contribution in [2.24, 2.45) is 0 Å². The quantitative estimate of drug-likeness (QED) is 0.0169. The molecule has 0 bridgehead atoms. The molecule has 100 heavy (non-hydrogen) atoms. The molecule has 0 aliphatic carbocycles. The van der Waals surface area contributed by atoms with Crippen LogP contribution in [0.25, 0.3) is 0 Å². The first-order valence-corrected chi connectivity index (χ1v) is 42.5. The normalized spacial score (nSPS) is 14.4. The van der Waals surface area contributed by atoms with Crippen molar-refractivity contribution in [2.45, 2.75) is 354 Å². The molecular weight excluding hydrogens is 1310 g/mol. The lowest BCUT2D eigenvalue weighted by Crippen LogP contribution is -2.30. The van der Waals surface area contributed by atoms with Gasteiger partial charge in [0.1, 0.15) is 19.3 Å². The second kappa shape index (κ2) is 73.3. The van der Waals surface area contributed by atoms with E-state index in [4.69, 9.17) is 37.0 Å². The van der Waals surface area contributed by atoms with Crippen molar-refractivity contribution in [1.82, 2.24) is 0 Å². The zero-order valence-corrected chi connectivity index (χ0v) is 64.9. The highest BCUT2D eigenvalue weighted by molar-refractivity contribution is 7.47. The van der Waals surface area contributed by atoms with Gasteiger partial charge in [-0.3, -0.25) is 37.3 Å². The molecular formula is C81H142O17P2. The molecule has 0 fully saturated rings. The Bertz CT molecular complexity index is 2270. The van der Waals surface area contributed by atoms with E-state index in [1.54, 1.807) is 0 Å². The summed E-state index contributed by atoms with van der Waals surface area (Å²) < 4.78 is 68.5. The summed E-state index contributed by atoms with van der Waals surface area (Å²) in [4.78, 5) is 72.9. The maximum absolute atomic E-state index is 13.1. The molecule has 5 unspecified atom stereocenters. The number of phosphoric acid groups is 2. The number of allylic oxidation sites excluding steroid dienone is 16. The van der Waals surface area contributed by atoms with Crippen molar-refractivity contribution >= 4 is 39.5 Å². The average Bonchev–Trinajstić information content (AvgIpc) is 0.953. The summed E-state index contributed by atoms with van der Waals surface area (Å²) in [6, 6.07) is 0. The van der Waals surface area contributed by atoms with E-state index in [0.29, 0.717) is 25.7 Å². The molecule has 0 aromatic carbocycles. The summed E-state index contributed by atoms with van der Waals surface area (Å²) in [5.41, 5.74) is 0. The van der Waals surface area contributed by atoms with E-state index in [9.17, 15) is 43.2 Å². The summed E-state index contributed by atoms with van der Waals surface area (Å²) in [6.07, 6.45) is 76.8. The SMILES string of the molecule is CC/C=C\C/C=C\C/C=C\C/C=C\C/C=C\CCCCCC(=O)OCC(COP(=O)(O)OCC(O)COP(=O)(O)OCC(COC(=O)CCCCCCC/C=C\C/C=C\CCCCC)OC(=O)CCCCCCCCCCCCCCCCC)OC(=O)CCCCCCC/C=C\CCCC. The number of hydrogen-bond donors (Lipinski definition) is 3. The number of phosphoric ester groups is 2. The third kappa shape index (κ3) is 72.3. The van der Waals surface area contributed by atoms with Gasteiger partial charge in [-0.25, -0.2) is 9.13 Å². The van der Waals surface area contributed by atoms with Crippen LogP contribution in [0.4, 0.5) is 0 Å². The number of carbonyl (C=O) groups excluding carboxylic acids is 4. The molecule has 0 aromatic rings. The molecule has 17 nitrogen and oxygen atoms in total. The van der Waals surface area contributed by atoms with Crippen molar-refractivity contribution in [2.75, 3.05) is 39.6 Å². The lowest BCUT2D eigenvalue weighted by atomic mass is 10.0. The number of esters is 4. The fourth-order valence-electron chi connectivity index (χ4n) is 10.5. The minimum Gasteiger partial charge on any atom is -0.462 e. The van der Waals surface area contributed by atoms with Crippen LogP contribution in [0.3, 0.4) is 0 Å². The molecule has 0 amide bonds. The minimum absolute atomic E-state index is 0.0766. The molecule has 0 radical (unpaired) electrons.